The molecule has 0 spiro atoms. The second-order valence-corrected chi connectivity index (χ2v) is 4.27. The number of nitrogens with one attached hydrogen (secondary N) is 1. The molecule has 2 rings (SSSR count). The van der Waals surface area contributed by atoms with Crippen molar-refractivity contribution in [1.82, 2.24) is 15.3 Å². The summed E-state index contributed by atoms with van der Waals surface area (Å²) in [5.74, 6) is 1.20. The minimum atomic E-state index is -0.334. The first kappa shape index (κ1) is 13.5. The van der Waals surface area contributed by atoms with Gasteiger partial charge in [0.25, 0.3) is 0 Å². The van der Waals surface area contributed by atoms with Crippen molar-refractivity contribution in [2.75, 3.05) is 6.54 Å². The Morgan fingerprint density at radius 3 is 2.68 bits per heavy atom. The second kappa shape index (κ2) is 6.82. The summed E-state index contributed by atoms with van der Waals surface area (Å²) in [5.41, 5.74) is 1.13. The van der Waals surface area contributed by atoms with E-state index in [9.17, 15) is 0 Å². The summed E-state index contributed by atoms with van der Waals surface area (Å²) in [6.07, 6.45) is 4.42. The zero-order valence-electron chi connectivity index (χ0n) is 10.8. The SMILES string of the molecule is CC(O)CNCc1ccc(Oc2cnccn2)cc1. The Balaban J connectivity index is 1.88. The van der Waals surface area contributed by atoms with Gasteiger partial charge in [0.2, 0.25) is 5.88 Å². The third kappa shape index (κ3) is 4.65. The Labute approximate surface area is 112 Å². The zero-order valence-corrected chi connectivity index (χ0v) is 10.8. The highest BCUT2D eigenvalue weighted by Gasteiger charge is 1.99. The van der Waals surface area contributed by atoms with Crippen molar-refractivity contribution in [3.05, 3.63) is 48.4 Å². The van der Waals surface area contributed by atoms with E-state index in [0.29, 0.717) is 12.4 Å². The molecule has 0 fully saturated rings. The minimum absolute atomic E-state index is 0.334. The fourth-order valence-corrected chi connectivity index (χ4v) is 1.56. The molecule has 2 aromatic rings. The van der Waals surface area contributed by atoms with Crippen LogP contribution in [0.5, 0.6) is 11.6 Å². The van der Waals surface area contributed by atoms with E-state index in [4.69, 9.17) is 9.84 Å². The van der Waals surface area contributed by atoms with Gasteiger partial charge in [0.15, 0.2) is 0 Å². The maximum Gasteiger partial charge on any atom is 0.237 e. The number of aliphatic hydroxyl groups excluding tert-OH is 1. The molecule has 0 aliphatic carbocycles. The summed E-state index contributed by atoms with van der Waals surface area (Å²) < 4.78 is 5.54. The van der Waals surface area contributed by atoms with Crippen LogP contribution in [0.4, 0.5) is 0 Å². The van der Waals surface area contributed by atoms with Crippen LogP contribution in [-0.4, -0.2) is 27.7 Å². The van der Waals surface area contributed by atoms with Gasteiger partial charge in [0, 0.05) is 25.5 Å². The second-order valence-electron chi connectivity index (χ2n) is 4.27. The normalized spacial score (nSPS) is 12.1. The van der Waals surface area contributed by atoms with E-state index in [1.807, 2.05) is 24.3 Å². The number of benzene rings is 1. The average Bonchev–Trinajstić information content (AvgIpc) is 2.42. The highest BCUT2D eigenvalue weighted by molar-refractivity contribution is 5.29. The molecule has 0 saturated carbocycles. The zero-order chi connectivity index (χ0) is 13.5. The van der Waals surface area contributed by atoms with Crippen LogP contribution >= 0.6 is 0 Å². The predicted molar refractivity (Wildman–Crippen MR) is 71.9 cm³/mol. The molecule has 1 heterocycles. The summed E-state index contributed by atoms with van der Waals surface area (Å²) in [5, 5.41) is 12.3. The Morgan fingerprint density at radius 2 is 2.05 bits per heavy atom. The number of hydrogen-bond acceptors (Lipinski definition) is 5. The molecule has 0 aliphatic rings. The van der Waals surface area contributed by atoms with Crippen LogP contribution in [-0.2, 0) is 6.54 Å². The van der Waals surface area contributed by atoms with Crippen molar-refractivity contribution in [1.29, 1.82) is 0 Å². The maximum absolute atomic E-state index is 9.14. The highest BCUT2D eigenvalue weighted by atomic mass is 16.5. The quantitative estimate of drug-likeness (QED) is 0.827. The molecule has 0 radical (unpaired) electrons. The van der Waals surface area contributed by atoms with Gasteiger partial charge in [-0.15, -0.1) is 0 Å². The first-order chi connectivity index (χ1) is 9.24. The number of ether oxygens (including phenoxy) is 1. The third-order valence-electron chi connectivity index (χ3n) is 2.45. The molecule has 5 nitrogen and oxygen atoms in total. The van der Waals surface area contributed by atoms with Gasteiger partial charge in [-0.2, -0.15) is 0 Å². The molecule has 0 amide bonds. The van der Waals surface area contributed by atoms with Crippen LogP contribution in [0.25, 0.3) is 0 Å². The Kier molecular flexibility index (Phi) is 4.83. The minimum Gasteiger partial charge on any atom is -0.438 e. The summed E-state index contributed by atoms with van der Waals surface area (Å²) in [7, 11) is 0. The lowest BCUT2D eigenvalue weighted by molar-refractivity contribution is 0.191. The topological polar surface area (TPSA) is 67.3 Å². The molecule has 1 aromatic carbocycles. The van der Waals surface area contributed by atoms with E-state index in [0.717, 1.165) is 17.9 Å². The smallest absolute Gasteiger partial charge is 0.237 e. The molecular formula is C14H17N3O2. The molecule has 1 unspecified atom stereocenters. The van der Waals surface area contributed by atoms with Crippen LogP contribution in [0.2, 0.25) is 0 Å². The molecule has 1 aromatic heterocycles. The van der Waals surface area contributed by atoms with Crippen LogP contribution in [0.1, 0.15) is 12.5 Å². The molecule has 100 valence electrons. The van der Waals surface area contributed by atoms with Crippen LogP contribution < -0.4 is 10.1 Å². The number of aromatic nitrogens is 2. The van der Waals surface area contributed by atoms with Gasteiger partial charge in [0.1, 0.15) is 5.75 Å². The van der Waals surface area contributed by atoms with Crippen molar-refractivity contribution >= 4 is 0 Å². The molecule has 1 atom stereocenters. The van der Waals surface area contributed by atoms with Gasteiger partial charge < -0.3 is 15.2 Å². The van der Waals surface area contributed by atoms with Crippen molar-refractivity contribution in [2.24, 2.45) is 0 Å². The van der Waals surface area contributed by atoms with Crippen molar-refractivity contribution in [2.45, 2.75) is 19.6 Å². The van der Waals surface area contributed by atoms with Gasteiger partial charge in [-0.1, -0.05) is 12.1 Å². The summed E-state index contributed by atoms with van der Waals surface area (Å²) in [6, 6.07) is 7.71. The summed E-state index contributed by atoms with van der Waals surface area (Å²) >= 11 is 0. The molecule has 5 heteroatoms. The van der Waals surface area contributed by atoms with Gasteiger partial charge >= 0.3 is 0 Å². The van der Waals surface area contributed by atoms with E-state index in [1.165, 1.54) is 0 Å². The average molecular weight is 259 g/mol. The highest BCUT2D eigenvalue weighted by Crippen LogP contribution is 2.18. The third-order valence-corrected chi connectivity index (χ3v) is 2.45. The lowest BCUT2D eigenvalue weighted by atomic mass is 10.2. The van der Waals surface area contributed by atoms with Crippen LogP contribution in [0, 0.1) is 0 Å². The van der Waals surface area contributed by atoms with E-state index < -0.39 is 0 Å². The van der Waals surface area contributed by atoms with E-state index in [-0.39, 0.29) is 6.10 Å². The van der Waals surface area contributed by atoms with E-state index >= 15 is 0 Å². The van der Waals surface area contributed by atoms with Crippen LogP contribution in [0.15, 0.2) is 42.9 Å². The van der Waals surface area contributed by atoms with Gasteiger partial charge in [-0.3, -0.25) is 4.98 Å². The van der Waals surface area contributed by atoms with Crippen LogP contribution in [0.3, 0.4) is 0 Å². The predicted octanol–water partition coefficient (Wildman–Crippen LogP) is 1.74. The fourth-order valence-electron chi connectivity index (χ4n) is 1.56. The molecule has 0 saturated heterocycles. The van der Waals surface area contributed by atoms with Crippen molar-refractivity contribution in [3.8, 4) is 11.6 Å². The molecule has 0 aliphatic heterocycles. The number of nitrogens with zero attached hydrogens (tertiary/aromatic N) is 2. The van der Waals surface area contributed by atoms with Gasteiger partial charge in [-0.05, 0) is 24.6 Å². The fraction of sp³-hybridized carbons (Fsp3) is 0.286. The van der Waals surface area contributed by atoms with Gasteiger partial charge in [0.05, 0.1) is 12.3 Å². The summed E-state index contributed by atoms with van der Waals surface area (Å²) in [6.45, 7) is 3.05. The number of aliphatic hydroxyl groups is 1. The van der Waals surface area contributed by atoms with E-state index in [2.05, 4.69) is 15.3 Å². The maximum atomic E-state index is 9.14. The largest absolute Gasteiger partial charge is 0.438 e. The lowest BCUT2D eigenvalue weighted by Crippen LogP contribution is -2.23. The Morgan fingerprint density at radius 1 is 1.26 bits per heavy atom. The standard InChI is InChI=1S/C14H17N3O2/c1-11(18)8-16-9-12-2-4-13(5-3-12)19-14-10-15-6-7-17-14/h2-7,10-11,16,18H,8-9H2,1H3. The molecule has 19 heavy (non-hydrogen) atoms. The van der Waals surface area contributed by atoms with Gasteiger partial charge in [-0.25, -0.2) is 4.98 Å². The Hall–Kier alpha value is -1.98. The number of rotatable bonds is 6. The molecular weight excluding hydrogens is 242 g/mol. The van der Waals surface area contributed by atoms with E-state index in [1.54, 1.807) is 25.5 Å². The summed E-state index contributed by atoms with van der Waals surface area (Å²) in [4.78, 5) is 7.97. The molecule has 0 bridgehead atoms. The Bertz CT molecular complexity index is 486. The van der Waals surface area contributed by atoms with Crippen molar-refractivity contribution in [3.63, 3.8) is 0 Å². The number of hydrogen-bond donors (Lipinski definition) is 2. The molecule has 2 N–H and O–H groups in total. The van der Waals surface area contributed by atoms with Crippen molar-refractivity contribution < 1.29 is 9.84 Å². The first-order valence-corrected chi connectivity index (χ1v) is 6.15. The lowest BCUT2D eigenvalue weighted by Gasteiger charge is -2.08. The monoisotopic (exact) mass is 259 g/mol. The first-order valence-electron chi connectivity index (χ1n) is 6.15.